The van der Waals surface area contributed by atoms with E-state index in [2.05, 4.69) is 28.6 Å². The van der Waals surface area contributed by atoms with Gasteiger partial charge in [-0.3, -0.25) is 5.10 Å². The monoisotopic (exact) mass is 267 g/mol. The van der Waals surface area contributed by atoms with Crippen molar-refractivity contribution in [1.29, 1.82) is 0 Å². The summed E-state index contributed by atoms with van der Waals surface area (Å²) in [5.74, 6) is 2.90. The predicted molar refractivity (Wildman–Crippen MR) is 77.1 cm³/mol. The lowest BCUT2D eigenvalue weighted by Crippen LogP contribution is -2.20. The van der Waals surface area contributed by atoms with Gasteiger partial charge in [-0.05, 0) is 43.3 Å². The molecule has 2 rings (SSSR count). The van der Waals surface area contributed by atoms with E-state index in [1.54, 1.807) is 0 Å². The molecule has 0 aromatic carbocycles. The van der Waals surface area contributed by atoms with Gasteiger partial charge in [-0.25, -0.2) is 0 Å². The van der Waals surface area contributed by atoms with Crippen LogP contribution in [0.2, 0.25) is 0 Å². The molecule has 4 heteroatoms. The third-order valence-corrected chi connectivity index (χ3v) is 4.61. The summed E-state index contributed by atoms with van der Waals surface area (Å²) in [5, 5.41) is 7.30. The fourth-order valence-electron chi connectivity index (χ4n) is 3.03. The first-order chi connectivity index (χ1) is 8.74. The van der Waals surface area contributed by atoms with E-state index in [9.17, 15) is 0 Å². The predicted octanol–water partition coefficient (Wildman–Crippen LogP) is 4.11. The van der Waals surface area contributed by atoms with E-state index in [1.165, 1.54) is 32.1 Å². The molecule has 1 aliphatic rings. The molecular weight excluding hydrogens is 242 g/mol. The van der Waals surface area contributed by atoms with Crippen molar-refractivity contribution in [2.75, 3.05) is 0 Å². The molecule has 1 aromatic heterocycles. The zero-order chi connectivity index (χ0) is 13.0. The van der Waals surface area contributed by atoms with Crippen LogP contribution in [0.1, 0.15) is 58.2 Å². The maximum atomic E-state index is 5.35. The number of aryl methyl sites for hydroxylation is 1. The lowest BCUT2D eigenvalue weighted by molar-refractivity contribution is 0.245. The molecule has 0 aliphatic heterocycles. The highest BCUT2D eigenvalue weighted by molar-refractivity contribution is 7.71. The average Bonchev–Trinajstić information content (AvgIpc) is 2.73. The third kappa shape index (κ3) is 3.22. The molecular formula is C14H25N3S. The van der Waals surface area contributed by atoms with E-state index in [4.69, 9.17) is 12.2 Å². The lowest BCUT2D eigenvalue weighted by Gasteiger charge is -2.28. The average molecular weight is 267 g/mol. The molecule has 1 aliphatic carbocycles. The van der Waals surface area contributed by atoms with E-state index >= 15 is 0 Å². The summed E-state index contributed by atoms with van der Waals surface area (Å²) < 4.78 is 3.03. The zero-order valence-electron chi connectivity index (χ0n) is 11.6. The minimum atomic E-state index is 0.799. The molecule has 0 spiro atoms. The fourth-order valence-corrected chi connectivity index (χ4v) is 3.26. The Morgan fingerprint density at radius 2 is 1.89 bits per heavy atom. The van der Waals surface area contributed by atoms with E-state index in [1.807, 2.05) is 0 Å². The number of nitrogens with zero attached hydrogens (tertiary/aromatic N) is 2. The summed E-state index contributed by atoms with van der Waals surface area (Å²) in [4.78, 5) is 0. The second-order valence-corrected chi connectivity index (χ2v) is 5.99. The van der Waals surface area contributed by atoms with Gasteiger partial charge in [-0.15, -0.1) is 0 Å². The molecule has 3 nitrogen and oxygen atoms in total. The maximum absolute atomic E-state index is 5.35. The Morgan fingerprint density at radius 3 is 2.50 bits per heavy atom. The Bertz CT molecular complexity index is 413. The van der Waals surface area contributed by atoms with Gasteiger partial charge in [0.25, 0.3) is 0 Å². The van der Waals surface area contributed by atoms with Crippen molar-refractivity contribution in [1.82, 2.24) is 14.8 Å². The van der Waals surface area contributed by atoms with Crippen molar-refractivity contribution < 1.29 is 0 Å². The Kier molecular flexibility index (Phi) is 4.98. The van der Waals surface area contributed by atoms with Crippen molar-refractivity contribution >= 4 is 12.2 Å². The number of aromatic amines is 1. The van der Waals surface area contributed by atoms with Crippen LogP contribution in [0.4, 0.5) is 0 Å². The minimum Gasteiger partial charge on any atom is -0.304 e. The molecule has 0 unspecified atom stereocenters. The normalized spacial score (nSPS) is 24.3. The van der Waals surface area contributed by atoms with E-state index in [0.717, 1.165) is 41.8 Å². The minimum absolute atomic E-state index is 0.799. The highest BCUT2D eigenvalue weighted by Gasteiger charge is 2.21. The number of nitrogens with one attached hydrogen (secondary N) is 1. The molecule has 18 heavy (non-hydrogen) atoms. The van der Waals surface area contributed by atoms with Crippen LogP contribution in [-0.4, -0.2) is 14.8 Å². The van der Waals surface area contributed by atoms with Gasteiger partial charge in [0.1, 0.15) is 5.82 Å². The van der Waals surface area contributed by atoms with Crippen LogP contribution >= 0.6 is 12.2 Å². The molecule has 0 bridgehead atoms. The SMILES string of the molecule is CCCc1n[nH]c(=S)n1CC1CCC(CC)CC1. The largest absolute Gasteiger partial charge is 0.304 e. The standard InChI is InChI=1S/C14H25N3S/c1-3-5-13-15-16-14(18)17(13)10-12-8-6-11(4-2)7-9-12/h11-12H,3-10H2,1-2H3,(H,16,18). The van der Waals surface area contributed by atoms with Gasteiger partial charge < -0.3 is 4.57 Å². The van der Waals surface area contributed by atoms with Crippen molar-refractivity contribution in [3.8, 4) is 0 Å². The topological polar surface area (TPSA) is 33.6 Å². The molecule has 1 heterocycles. The van der Waals surface area contributed by atoms with Crippen LogP contribution in [0.25, 0.3) is 0 Å². The molecule has 1 N–H and O–H groups in total. The first kappa shape index (κ1) is 13.8. The fraction of sp³-hybridized carbons (Fsp3) is 0.857. The summed E-state index contributed by atoms with van der Waals surface area (Å²) >= 11 is 5.35. The van der Waals surface area contributed by atoms with Crippen LogP contribution in [0.5, 0.6) is 0 Å². The van der Waals surface area contributed by atoms with E-state index < -0.39 is 0 Å². The van der Waals surface area contributed by atoms with Crippen LogP contribution in [0.15, 0.2) is 0 Å². The van der Waals surface area contributed by atoms with Gasteiger partial charge in [0.05, 0.1) is 0 Å². The smallest absolute Gasteiger partial charge is 0.195 e. The maximum Gasteiger partial charge on any atom is 0.195 e. The number of H-pyrrole nitrogens is 1. The number of hydrogen-bond donors (Lipinski definition) is 1. The van der Waals surface area contributed by atoms with Gasteiger partial charge in [0.2, 0.25) is 0 Å². The van der Waals surface area contributed by atoms with Crippen LogP contribution in [0, 0.1) is 16.6 Å². The van der Waals surface area contributed by atoms with Crippen LogP contribution < -0.4 is 0 Å². The molecule has 0 radical (unpaired) electrons. The quantitative estimate of drug-likeness (QED) is 0.815. The summed E-state index contributed by atoms with van der Waals surface area (Å²) in [7, 11) is 0. The second kappa shape index (κ2) is 6.50. The van der Waals surface area contributed by atoms with Crippen molar-refractivity contribution in [2.45, 2.75) is 65.3 Å². The summed E-state index contributed by atoms with van der Waals surface area (Å²) in [5.41, 5.74) is 0. The van der Waals surface area contributed by atoms with E-state index in [0.29, 0.717) is 0 Å². The molecule has 0 amide bonds. The Labute approximate surface area is 115 Å². The number of aromatic nitrogens is 3. The molecule has 1 fully saturated rings. The first-order valence-electron chi connectivity index (χ1n) is 7.38. The van der Waals surface area contributed by atoms with Gasteiger partial charge in [0.15, 0.2) is 4.77 Å². The number of rotatable bonds is 5. The van der Waals surface area contributed by atoms with Crippen molar-refractivity contribution in [3.63, 3.8) is 0 Å². The third-order valence-electron chi connectivity index (χ3n) is 4.30. The summed E-state index contributed by atoms with van der Waals surface area (Å²) in [6.45, 7) is 5.58. The molecule has 102 valence electrons. The number of hydrogen-bond acceptors (Lipinski definition) is 2. The second-order valence-electron chi connectivity index (χ2n) is 5.60. The lowest BCUT2D eigenvalue weighted by atomic mass is 9.81. The Balaban J connectivity index is 1.97. The molecule has 0 atom stereocenters. The van der Waals surface area contributed by atoms with Crippen LogP contribution in [0.3, 0.4) is 0 Å². The van der Waals surface area contributed by atoms with Crippen LogP contribution in [-0.2, 0) is 13.0 Å². The van der Waals surface area contributed by atoms with E-state index in [-0.39, 0.29) is 0 Å². The highest BCUT2D eigenvalue weighted by atomic mass is 32.1. The Morgan fingerprint density at radius 1 is 1.22 bits per heavy atom. The Hall–Kier alpha value is -0.640. The summed E-state index contributed by atoms with van der Waals surface area (Å²) in [6, 6.07) is 0. The summed E-state index contributed by atoms with van der Waals surface area (Å²) in [6.07, 6.45) is 9.01. The first-order valence-corrected chi connectivity index (χ1v) is 7.79. The van der Waals surface area contributed by atoms with Gasteiger partial charge >= 0.3 is 0 Å². The van der Waals surface area contributed by atoms with Gasteiger partial charge in [-0.2, -0.15) is 5.10 Å². The molecule has 0 saturated heterocycles. The highest BCUT2D eigenvalue weighted by Crippen LogP contribution is 2.31. The molecule has 1 aromatic rings. The molecule has 1 saturated carbocycles. The zero-order valence-corrected chi connectivity index (χ0v) is 12.4. The van der Waals surface area contributed by atoms with Gasteiger partial charge in [-0.1, -0.05) is 33.1 Å². The van der Waals surface area contributed by atoms with Crippen molar-refractivity contribution in [2.24, 2.45) is 11.8 Å². The van der Waals surface area contributed by atoms with Gasteiger partial charge in [0, 0.05) is 13.0 Å². The van der Waals surface area contributed by atoms with Crippen molar-refractivity contribution in [3.05, 3.63) is 10.6 Å².